The zero-order valence-corrected chi connectivity index (χ0v) is 15.0. The van der Waals surface area contributed by atoms with Gasteiger partial charge in [0, 0.05) is 37.1 Å². The summed E-state index contributed by atoms with van der Waals surface area (Å²) in [5.41, 5.74) is 8.35. The summed E-state index contributed by atoms with van der Waals surface area (Å²) in [4.78, 5) is 18.9. The first kappa shape index (κ1) is 17.6. The van der Waals surface area contributed by atoms with Crippen LogP contribution in [0.15, 0.2) is 42.6 Å². The minimum absolute atomic E-state index is 0.0629. The number of hydrogen-bond acceptors (Lipinski definition) is 4. The van der Waals surface area contributed by atoms with E-state index < -0.39 is 0 Å². The topological polar surface area (TPSA) is 77.0 Å². The van der Waals surface area contributed by atoms with Gasteiger partial charge in [0.15, 0.2) is 5.65 Å². The fourth-order valence-electron chi connectivity index (χ4n) is 3.71. The van der Waals surface area contributed by atoms with Crippen LogP contribution in [0.5, 0.6) is 0 Å². The molecule has 1 fully saturated rings. The van der Waals surface area contributed by atoms with Crippen LogP contribution in [0.3, 0.4) is 0 Å². The molecule has 7 heteroatoms. The maximum absolute atomic E-state index is 13.0. The zero-order chi connectivity index (χ0) is 18.8. The van der Waals surface area contributed by atoms with Crippen LogP contribution < -0.4 is 5.73 Å². The lowest BCUT2D eigenvalue weighted by atomic mass is 10.0. The number of nitrogens with zero attached hydrogens (tertiary/aromatic N) is 4. The van der Waals surface area contributed by atoms with Crippen molar-refractivity contribution in [2.45, 2.75) is 25.3 Å². The Morgan fingerprint density at radius 3 is 2.85 bits per heavy atom. The van der Waals surface area contributed by atoms with Gasteiger partial charge in [-0.25, -0.2) is 14.1 Å². The molecule has 1 saturated heterocycles. The lowest BCUT2D eigenvalue weighted by Crippen LogP contribution is -2.29. The van der Waals surface area contributed by atoms with E-state index in [1.54, 1.807) is 18.3 Å². The maximum atomic E-state index is 13.0. The molecule has 140 valence electrons. The first-order valence-corrected chi connectivity index (χ1v) is 9.19. The third-order valence-electron chi connectivity index (χ3n) is 5.07. The van der Waals surface area contributed by atoms with E-state index in [0.717, 1.165) is 28.7 Å². The van der Waals surface area contributed by atoms with Gasteiger partial charge in [0.1, 0.15) is 5.82 Å². The van der Waals surface area contributed by atoms with Crippen molar-refractivity contribution in [1.82, 2.24) is 19.7 Å². The van der Waals surface area contributed by atoms with Crippen LogP contribution in [0, 0.1) is 5.82 Å². The molecule has 0 radical (unpaired) electrons. The predicted octanol–water partition coefficient (Wildman–Crippen LogP) is 2.09. The number of hydrogen-bond donors (Lipinski definition) is 1. The summed E-state index contributed by atoms with van der Waals surface area (Å²) >= 11 is 0. The quantitative estimate of drug-likeness (QED) is 0.749. The van der Waals surface area contributed by atoms with Crippen LogP contribution in [-0.2, 0) is 17.8 Å². The summed E-state index contributed by atoms with van der Waals surface area (Å²) in [6.45, 7) is 2.47. The standard InChI is InChI=1S/C20H22FN5O/c21-16-5-3-14(4-6-16)12-18(27)25-10-7-15(13-25)19-17-2-1-9-23-20(17)26(24-19)11-8-22/h1-6,9,15H,7-8,10-13,22H2/t15-/m1/s1. The number of amides is 1. The van der Waals surface area contributed by atoms with E-state index in [1.165, 1.54) is 12.1 Å². The van der Waals surface area contributed by atoms with Crippen LogP contribution in [0.2, 0.25) is 0 Å². The maximum Gasteiger partial charge on any atom is 0.227 e. The van der Waals surface area contributed by atoms with Gasteiger partial charge in [-0.05, 0) is 36.2 Å². The molecule has 0 bridgehead atoms. The fourth-order valence-corrected chi connectivity index (χ4v) is 3.71. The second-order valence-electron chi connectivity index (χ2n) is 6.90. The van der Waals surface area contributed by atoms with E-state index in [9.17, 15) is 9.18 Å². The van der Waals surface area contributed by atoms with Crippen molar-refractivity contribution in [2.24, 2.45) is 5.73 Å². The monoisotopic (exact) mass is 367 g/mol. The fraction of sp³-hybridized carbons (Fsp3) is 0.350. The van der Waals surface area contributed by atoms with Crippen LogP contribution in [-0.4, -0.2) is 45.2 Å². The first-order chi connectivity index (χ1) is 13.2. The summed E-state index contributed by atoms with van der Waals surface area (Å²) < 4.78 is 14.9. The molecule has 0 saturated carbocycles. The van der Waals surface area contributed by atoms with Gasteiger partial charge in [0.2, 0.25) is 5.91 Å². The molecule has 3 heterocycles. The molecule has 2 N–H and O–H groups in total. The summed E-state index contributed by atoms with van der Waals surface area (Å²) in [6, 6.07) is 10.0. The van der Waals surface area contributed by atoms with Gasteiger partial charge in [0.05, 0.1) is 18.7 Å². The highest BCUT2D eigenvalue weighted by molar-refractivity contribution is 5.81. The predicted molar refractivity (Wildman–Crippen MR) is 101 cm³/mol. The third kappa shape index (κ3) is 3.55. The van der Waals surface area contributed by atoms with E-state index in [1.807, 2.05) is 21.7 Å². The van der Waals surface area contributed by atoms with Crippen molar-refractivity contribution in [1.29, 1.82) is 0 Å². The average molecular weight is 367 g/mol. The lowest BCUT2D eigenvalue weighted by Gasteiger charge is -2.16. The Kier molecular flexibility index (Phi) is 4.85. The van der Waals surface area contributed by atoms with Gasteiger partial charge >= 0.3 is 0 Å². The third-order valence-corrected chi connectivity index (χ3v) is 5.07. The van der Waals surface area contributed by atoms with Crippen molar-refractivity contribution in [3.8, 4) is 0 Å². The molecule has 27 heavy (non-hydrogen) atoms. The van der Waals surface area contributed by atoms with Crippen LogP contribution in [0.25, 0.3) is 11.0 Å². The summed E-state index contributed by atoms with van der Waals surface area (Å²) in [5, 5.41) is 5.77. The van der Waals surface area contributed by atoms with Crippen LogP contribution >= 0.6 is 0 Å². The number of fused-ring (bicyclic) bond motifs is 1. The van der Waals surface area contributed by atoms with Crippen molar-refractivity contribution < 1.29 is 9.18 Å². The van der Waals surface area contributed by atoms with Crippen LogP contribution in [0.1, 0.15) is 23.6 Å². The molecular weight excluding hydrogens is 345 g/mol. The van der Waals surface area contributed by atoms with E-state index in [-0.39, 0.29) is 24.1 Å². The molecule has 0 aliphatic carbocycles. The first-order valence-electron chi connectivity index (χ1n) is 9.19. The second-order valence-corrected chi connectivity index (χ2v) is 6.90. The number of nitrogens with two attached hydrogens (primary N) is 1. The van der Waals surface area contributed by atoms with Crippen molar-refractivity contribution >= 4 is 16.9 Å². The highest BCUT2D eigenvalue weighted by atomic mass is 19.1. The summed E-state index contributed by atoms with van der Waals surface area (Å²) in [6.07, 6.45) is 2.92. The molecule has 1 aliphatic rings. The molecule has 1 aliphatic heterocycles. The number of likely N-dealkylation sites (tertiary alicyclic amines) is 1. The van der Waals surface area contributed by atoms with E-state index in [0.29, 0.717) is 26.2 Å². The number of aromatic nitrogens is 3. The molecular formula is C20H22FN5O. The lowest BCUT2D eigenvalue weighted by molar-refractivity contribution is -0.129. The highest BCUT2D eigenvalue weighted by Crippen LogP contribution is 2.31. The Balaban J connectivity index is 1.50. The average Bonchev–Trinajstić information content (AvgIpc) is 3.29. The van der Waals surface area contributed by atoms with Crippen molar-refractivity contribution in [2.75, 3.05) is 19.6 Å². The minimum atomic E-state index is -0.291. The molecule has 1 amide bonds. The largest absolute Gasteiger partial charge is 0.342 e. The van der Waals surface area contributed by atoms with E-state index in [2.05, 4.69) is 4.98 Å². The Hall–Kier alpha value is -2.80. The number of carbonyl (C=O) groups is 1. The highest BCUT2D eigenvalue weighted by Gasteiger charge is 2.30. The number of rotatable bonds is 5. The summed E-state index contributed by atoms with van der Waals surface area (Å²) in [5.74, 6) is -0.0400. The Morgan fingerprint density at radius 1 is 1.26 bits per heavy atom. The van der Waals surface area contributed by atoms with E-state index >= 15 is 0 Å². The Bertz CT molecular complexity index is 953. The van der Waals surface area contributed by atoms with Crippen LogP contribution in [0.4, 0.5) is 4.39 Å². The molecule has 4 rings (SSSR count). The van der Waals surface area contributed by atoms with Gasteiger partial charge in [-0.2, -0.15) is 5.10 Å². The number of benzene rings is 1. The number of carbonyl (C=O) groups excluding carboxylic acids is 1. The Morgan fingerprint density at radius 2 is 2.07 bits per heavy atom. The molecule has 6 nitrogen and oxygen atoms in total. The second kappa shape index (κ2) is 7.44. The Labute approximate surface area is 156 Å². The number of pyridine rings is 1. The minimum Gasteiger partial charge on any atom is -0.342 e. The van der Waals surface area contributed by atoms with Gasteiger partial charge in [-0.3, -0.25) is 4.79 Å². The van der Waals surface area contributed by atoms with Gasteiger partial charge in [-0.15, -0.1) is 0 Å². The van der Waals surface area contributed by atoms with Crippen molar-refractivity contribution in [3.63, 3.8) is 0 Å². The molecule has 0 spiro atoms. The number of halogens is 1. The summed E-state index contributed by atoms with van der Waals surface area (Å²) in [7, 11) is 0. The normalized spacial score (nSPS) is 17.0. The molecule has 1 atom stereocenters. The molecule has 1 aromatic carbocycles. The van der Waals surface area contributed by atoms with E-state index in [4.69, 9.17) is 10.8 Å². The molecule has 2 aromatic heterocycles. The van der Waals surface area contributed by atoms with Gasteiger partial charge in [-0.1, -0.05) is 12.1 Å². The van der Waals surface area contributed by atoms with Gasteiger partial charge < -0.3 is 10.6 Å². The SMILES string of the molecule is NCCn1nc([C@@H]2CCN(C(=O)Cc3ccc(F)cc3)C2)c2cccnc21. The zero-order valence-electron chi connectivity index (χ0n) is 15.0. The molecule has 0 unspecified atom stereocenters. The molecule has 3 aromatic rings. The smallest absolute Gasteiger partial charge is 0.227 e. The van der Waals surface area contributed by atoms with Gasteiger partial charge in [0.25, 0.3) is 0 Å². The van der Waals surface area contributed by atoms with Crippen molar-refractivity contribution in [3.05, 3.63) is 59.7 Å².